The molecule has 2 aromatic rings. The van der Waals surface area contributed by atoms with Crippen LogP contribution in [0, 0.1) is 0 Å². The number of methoxy groups -OCH3 is 1. The Balaban J connectivity index is 2.08. The van der Waals surface area contributed by atoms with E-state index in [9.17, 15) is 10.2 Å². The minimum Gasteiger partial charge on any atom is -0.493 e. The molecule has 2 aromatic carbocycles. The van der Waals surface area contributed by atoms with Crippen LogP contribution in [0.15, 0.2) is 52.8 Å². The van der Waals surface area contributed by atoms with Gasteiger partial charge >= 0.3 is 0 Å². The number of hydrogen-bond donors (Lipinski definition) is 2. The Kier molecular flexibility index (Phi) is 5.74. The molecule has 5 heteroatoms. The van der Waals surface area contributed by atoms with E-state index in [1.165, 1.54) is 18.1 Å². The second kappa shape index (κ2) is 7.71. The van der Waals surface area contributed by atoms with Crippen molar-refractivity contribution in [1.82, 2.24) is 4.90 Å². The van der Waals surface area contributed by atoms with Crippen LogP contribution in [0.3, 0.4) is 0 Å². The minimum atomic E-state index is -1.32. The molecule has 3 rings (SSSR count). The van der Waals surface area contributed by atoms with Crippen LogP contribution in [0.4, 0.5) is 0 Å². The summed E-state index contributed by atoms with van der Waals surface area (Å²) in [5.74, 6) is -0.937. The van der Waals surface area contributed by atoms with Gasteiger partial charge in [0.15, 0.2) is 5.79 Å². The summed E-state index contributed by atoms with van der Waals surface area (Å²) in [6.45, 7) is 12.1. The molecule has 5 nitrogen and oxygen atoms in total. The number of nitrogens with zero attached hydrogens (tertiary/aromatic N) is 2. The monoisotopic (exact) mass is 410 g/mol. The standard InChI is InChI=1S/C25H34N2O3/c1-15(2)23(28)26-16(3)27(7)22-21(25(22,29)30-8)19-13-14-20(24(4,5)6)18-12-10-9-11-17(18)19/h9-14,21-22,28-29H,1-8H3/b26-16-. The molecule has 0 aliphatic heterocycles. The van der Waals surface area contributed by atoms with E-state index in [2.05, 4.69) is 56.1 Å². The van der Waals surface area contributed by atoms with Crippen LogP contribution in [0.25, 0.3) is 10.8 Å². The molecule has 1 aliphatic carbocycles. The lowest BCUT2D eigenvalue weighted by atomic mass is 9.82. The first-order chi connectivity index (χ1) is 13.9. The first-order valence-electron chi connectivity index (χ1n) is 10.4. The number of ether oxygens (including phenoxy) is 1. The maximum Gasteiger partial charge on any atom is 0.210 e. The lowest BCUT2D eigenvalue weighted by Gasteiger charge is -2.23. The second-order valence-electron chi connectivity index (χ2n) is 9.47. The van der Waals surface area contributed by atoms with Crippen molar-refractivity contribution in [2.45, 2.75) is 64.7 Å². The maximum atomic E-state index is 11.3. The molecule has 1 saturated carbocycles. The van der Waals surface area contributed by atoms with Gasteiger partial charge in [-0.15, -0.1) is 0 Å². The van der Waals surface area contributed by atoms with Gasteiger partial charge in [0.25, 0.3) is 0 Å². The maximum absolute atomic E-state index is 11.3. The highest BCUT2D eigenvalue weighted by molar-refractivity contribution is 5.91. The van der Waals surface area contributed by atoms with Crippen molar-refractivity contribution in [2.24, 2.45) is 4.99 Å². The predicted octanol–water partition coefficient (Wildman–Crippen LogP) is 5.10. The summed E-state index contributed by atoms with van der Waals surface area (Å²) >= 11 is 0. The normalized spacial score (nSPS) is 24.1. The van der Waals surface area contributed by atoms with Gasteiger partial charge in [0.05, 0.1) is 12.0 Å². The molecule has 0 aromatic heterocycles. The Morgan fingerprint density at radius 3 is 2.20 bits per heavy atom. The zero-order valence-electron chi connectivity index (χ0n) is 19.3. The molecular weight excluding hydrogens is 376 g/mol. The van der Waals surface area contributed by atoms with Gasteiger partial charge in [-0.3, -0.25) is 0 Å². The summed E-state index contributed by atoms with van der Waals surface area (Å²) in [6.07, 6.45) is 0. The number of hydrogen-bond acceptors (Lipinski definition) is 4. The molecule has 3 atom stereocenters. The first kappa shape index (κ1) is 22.3. The second-order valence-corrected chi connectivity index (χ2v) is 9.47. The molecule has 0 saturated heterocycles. The van der Waals surface area contributed by atoms with E-state index in [-0.39, 0.29) is 23.3 Å². The van der Waals surface area contributed by atoms with Gasteiger partial charge in [-0.2, -0.15) is 0 Å². The van der Waals surface area contributed by atoms with Gasteiger partial charge in [0.2, 0.25) is 5.88 Å². The fourth-order valence-electron chi connectivity index (χ4n) is 4.27. The molecule has 0 heterocycles. The van der Waals surface area contributed by atoms with E-state index in [4.69, 9.17) is 4.74 Å². The Bertz CT molecular complexity index is 1010. The Morgan fingerprint density at radius 2 is 1.67 bits per heavy atom. The van der Waals surface area contributed by atoms with Crippen molar-refractivity contribution in [1.29, 1.82) is 0 Å². The van der Waals surface area contributed by atoms with Gasteiger partial charge in [0.1, 0.15) is 5.84 Å². The summed E-state index contributed by atoms with van der Waals surface area (Å²) in [7, 11) is 3.41. The van der Waals surface area contributed by atoms with E-state index in [0.717, 1.165) is 16.5 Å². The number of likely N-dealkylation sites (N-methyl/N-ethyl adjacent to an activating group) is 1. The number of amidine groups is 1. The average Bonchev–Trinajstić information content (AvgIpc) is 3.31. The SMILES string of the molecule is COC1(O)C(c2ccc(C(C)(C)C)c3ccccc23)C1N(C)/C(C)=N\C(O)=C(C)C. The molecule has 2 N–H and O–H groups in total. The fraction of sp³-hybridized carbons (Fsp3) is 0.480. The minimum absolute atomic E-state index is 0.00233. The van der Waals surface area contributed by atoms with Crippen LogP contribution < -0.4 is 0 Å². The van der Waals surface area contributed by atoms with Crippen molar-refractivity contribution in [2.75, 3.05) is 14.2 Å². The lowest BCUT2D eigenvalue weighted by molar-refractivity contribution is -0.117. The van der Waals surface area contributed by atoms with Gasteiger partial charge < -0.3 is 19.8 Å². The zero-order chi connectivity index (χ0) is 22.4. The van der Waals surface area contributed by atoms with E-state index in [1.807, 2.05) is 24.9 Å². The molecule has 1 fully saturated rings. The van der Waals surface area contributed by atoms with Gasteiger partial charge in [-0.05, 0) is 53.7 Å². The Morgan fingerprint density at radius 1 is 1.07 bits per heavy atom. The van der Waals surface area contributed by atoms with Crippen LogP contribution in [0.2, 0.25) is 0 Å². The fourth-order valence-corrected chi connectivity index (χ4v) is 4.27. The topological polar surface area (TPSA) is 65.3 Å². The van der Waals surface area contributed by atoms with Crippen molar-refractivity contribution >= 4 is 16.6 Å². The molecule has 1 aliphatic rings. The van der Waals surface area contributed by atoms with E-state index < -0.39 is 5.79 Å². The largest absolute Gasteiger partial charge is 0.493 e. The summed E-state index contributed by atoms with van der Waals surface area (Å²) in [5, 5.41) is 23.6. The van der Waals surface area contributed by atoms with Crippen LogP contribution >= 0.6 is 0 Å². The third kappa shape index (κ3) is 3.72. The van der Waals surface area contributed by atoms with E-state index in [1.54, 1.807) is 13.8 Å². The number of aliphatic imine (C=N–C) groups is 1. The lowest BCUT2D eigenvalue weighted by Crippen LogP contribution is -2.33. The van der Waals surface area contributed by atoms with Gasteiger partial charge in [0, 0.05) is 14.2 Å². The van der Waals surface area contributed by atoms with Crippen LogP contribution in [0.5, 0.6) is 0 Å². The van der Waals surface area contributed by atoms with E-state index in [0.29, 0.717) is 5.84 Å². The number of aliphatic hydroxyl groups is 2. The Labute approximate surface area is 179 Å². The molecular formula is C25H34N2O3. The van der Waals surface area contributed by atoms with Gasteiger partial charge in [-0.1, -0.05) is 57.2 Å². The van der Waals surface area contributed by atoms with Crippen LogP contribution in [-0.4, -0.2) is 46.9 Å². The van der Waals surface area contributed by atoms with Crippen LogP contribution in [-0.2, 0) is 10.2 Å². The molecule has 0 spiro atoms. The summed E-state index contributed by atoms with van der Waals surface area (Å²) in [4.78, 5) is 6.17. The predicted molar refractivity (Wildman–Crippen MR) is 123 cm³/mol. The molecule has 0 radical (unpaired) electrons. The average molecular weight is 411 g/mol. The third-order valence-electron chi connectivity index (χ3n) is 6.15. The summed E-state index contributed by atoms with van der Waals surface area (Å²) < 4.78 is 5.58. The first-order valence-corrected chi connectivity index (χ1v) is 10.4. The number of allylic oxidation sites excluding steroid dienone is 1. The van der Waals surface area contributed by atoms with Crippen molar-refractivity contribution in [3.05, 3.63) is 59.0 Å². The Hall–Kier alpha value is -2.37. The molecule has 162 valence electrons. The highest BCUT2D eigenvalue weighted by atomic mass is 16.6. The third-order valence-corrected chi connectivity index (χ3v) is 6.15. The van der Waals surface area contributed by atoms with Crippen molar-refractivity contribution in [3.63, 3.8) is 0 Å². The summed E-state index contributed by atoms with van der Waals surface area (Å²) in [5.41, 5.74) is 3.08. The highest BCUT2D eigenvalue weighted by Crippen LogP contribution is 2.56. The van der Waals surface area contributed by atoms with Crippen LogP contribution in [0.1, 0.15) is 58.6 Å². The molecule has 0 bridgehead atoms. The smallest absolute Gasteiger partial charge is 0.210 e. The molecule has 30 heavy (non-hydrogen) atoms. The number of fused-ring (bicyclic) bond motifs is 1. The number of rotatable bonds is 4. The van der Waals surface area contributed by atoms with Crippen molar-refractivity contribution < 1.29 is 14.9 Å². The zero-order valence-corrected chi connectivity index (χ0v) is 19.3. The molecule has 0 amide bonds. The van der Waals surface area contributed by atoms with Gasteiger partial charge in [-0.25, -0.2) is 4.99 Å². The highest BCUT2D eigenvalue weighted by Gasteiger charge is 2.68. The number of benzene rings is 2. The van der Waals surface area contributed by atoms with E-state index >= 15 is 0 Å². The molecule has 3 unspecified atom stereocenters. The quantitative estimate of drug-likeness (QED) is 0.319. The van der Waals surface area contributed by atoms with Crippen molar-refractivity contribution in [3.8, 4) is 0 Å². The number of aliphatic hydroxyl groups excluding tert-OH is 1. The summed E-state index contributed by atoms with van der Waals surface area (Å²) in [6, 6.07) is 12.3.